The van der Waals surface area contributed by atoms with E-state index in [0.717, 1.165) is 4.88 Å². The molecule has 3 nitrogen and oxygen atoms in total. The molecule has 0 N–H and O–H groups in total. The molecule has 0 saturated heterocycles. The lowest BCUT2D eigenvalue weighted by atomic mass is 10.1. The Morgan fingerprint density at radius 3 is 2.38 bits per heavy atom. The molecular weight excluding hydrogens is 304 g/mol. The van der Waals surface area contributed by atoms with E-state index < -0.39 is 4.75 Å². The van der Waals surface area contributed by atoms with E-state index in [4.69, 9.17) is 4.74 Å². The van der Waals surface area contributed by atoms with Crippen LogP contribution < -0.4 is 0 Å². The minimum absolute atomic E-state index is 0.0276. The molecule has 0 amide bonds. The normalized spacial score (nSPS) is 13.5. The second-order valence-corrected chi connectivity index (χ2v) is 6.90. The zero-order chi connectivity index (χ0) is 15.5. The number of thioether (sulfide) groups is 1. The topological polar surface area (TPSA) is 43.4 Å². The van der Waals surface area contributed by atoms with Crippen LogP contribution in [0.15, 0.2) is 42.5 Å². The maximum absolute atomic E-state index is 12.4. The summed E-state index contributed by atoms with van der Waals surface area (Å²) in [6.07, 6.45) is 1.86. The van der Waals surface area contributed by atoms with Crippen molar-refractivity contribution in [3.05, 3.63) is 57.8 Å². The van der Waals surface area contributed by atoms with Gasteiger partial charge < -0.3 is 4.74 Å². The molecule has 1 heterocycles. The molecule has 0 aliphatic carbocycles. The highest BCUT2D eigenvalue weighted by Crippen LogP contribution is 2.39. The monoisotopic (exact) mass is 320 g/mol. The molecule has 2 rings (SSSR count). The number of hydrogen-bond donors (Lipinski definition) is 0. The average molecular weight is 320 g/mol. The van der Waals surface area contributed by atoms with Gasteiger partial charge in [0.1, 0.15) is 4.75 Å². The second-order valence-electron chi connectivity index (χ2n) is 4.59. The maximum atomic E-state index is 12.4. The Kier molecular flexibility index (Phi) is 4.85. The predicted molar refractivity (Wildman–Crippen MR) is 87.1 cm³/mol. The summed E-state index contributed by atoms with van der Waals surface area (Å²) in [6, 6.07) is 12.7. The molecular formula is C16H16O3S2. The van der Waals surface area contributed by atoms with E-state index in [1.165, 1.54) is 30.2 Å². The van der Waals surface area contributed by atoms with Crippen molar-refractivity contribution in [2.24, 2.45) is 0 Å². The van der Waals surface area contributed by atoms with Crippen LogP contribution in [0.3, 0.4) is 0 Å². The first kappa shape index (κ1) is 15.8. The molecule has 110 valence electrons. The largest absolute Gasteiger partial charge is 0.468 e. The standard InChI is InChI=1S/C16H16O3S2/c1-16(20-3,15(18)19-2)13-10-9-12(21-13)14(17)11-7-5-4-6-8-11/h4-10H,1-3H3. The second kappa shape index (κ2) is 6.45. The Bertz CT molecular complexity index is 649. The highest BCUT2D eigenvalue weighted by atomic mass is 32.2. The summed E-state index contributed by atoms with van der Waals surface area (Å²) in [7, 11) is 1.38. The van der Waals surface area contributed by atoms with Crippen LogP contribution >= 0.6 is 23.1 Å². The van der Waals surface area contributed by atoms with E-state index in [2.05, 4.69) is 0 Å². The van der Waals surface area contributed by atoms with Gasteiger partial charge in [0, 0.05) is 10.4 Å². The van der Waals surface area contributed by atoms with Crippen molar-refractivity contribution in [1.82, 2.24) is 0 Å². The summed E-state index contributed by atoms with van der Waals surface area (Å²) < 4.78 is 4.09. The van der Waals surface area contributed by atoms with Crippen molar-refractivity contribution >= 4 is 34.9 Å². The van der Waals surface area contributed by atoms with Crippen LogP contribution in [-0.4, -0.2) is 25.1 Å². The quantitative estimate of drug-likeness (QED) is 0.622. The molecule has 0 saturated carbocycles. The molecule has 2 aromatic rings. The van der Waals surface area contributed by atoms with Gasteiger partial charge in [0.15, 0.2) is 0 Å². The van der Waals surface area contributed by atoms with E-state index in [1.54, 1.807) is 18.2 Å². The van der Waals surface area contributed by atoms with Crippen molar-refractivity contribution in [3.63, 3.8) is 0 Å². The molecule has 0 bridgehead atoms. The molecule has 1 aromatic carbocycles. The molecule has 1 atom stereocenters. The van der Waals surface area contributed by atoms with Crippen LogP contribution in [0.2, 0.25) is 0 Å². The maximum Gasteiger partial charge on any atom is 0.327 e. The Labute approximate surface area is 132 Å². The van der Waals surface area contributed by atoms with Gasteiger partial charge in [0.2, 0.25) is 5.78 Å². The van der Waals surface area contributed by atoms with E-state index in [0.29, 0.717) is 10.4 Å². The first-order valence-electron chi connectivity index (χ1n) is 6.36. The molecule has 5 heteroatoms. The van der Waals surface area contributed by atoms with Crippen LogP contribution in [0.25, 0.3) is 0 Å². The summed E-state index contributed by atoms with van der Waals surface area (Å²) in [4.78, 5) is 25.8. The molecule has 0 aliphatic heterocycles. The van der Waals surface area contributed by atoms with Crippen LogP contribution in [0.1, 0.15) is 27.0 Å². The third kappa shape index (κ3) is 3.04. The van der Waals surface area contributed by atoms with Crippen molar-refractivity contribution < 1.29 is 14.3 Å². The molecule has 21 heavy (non-hydrogen) atoms. The van der Waals surface area contributed by atoms with Gasteiger partial charge in [-0.2, -0.15) is 0 Å². The molecule has 0 spiro atoms. The molecule has 0 fully saturated rings. The fourth-order valence-corrected chi connectivity index (χ4v) is 3.82. The smallest absolute Gasteiger partial charge is 0.327 e. The number of methoxy groups -OCH3 is 1. The Balaban J connectivity index is 2.34. The number of carbonyl (C=O) groups excluding carboxylic acids is 2. The van der Waals surface area contributed by atoms with Gasteiger partial charge in [0.25, 0.3) is 0 Å². The Morgan fingerprint density at radius 1 is 1.14 bits per heavy atom. The summed E-state index contributed by atoms with van der Waals surface area (Å²) in [5, 5.41) is 0. The summed E-state index contributed by atoms with van der Waals surface area (Å²) >= 11 is 2.74. The number of esters is 1. The van der Waals surface area contributed by atoms with E-state index in [1.807, 2.05) is 37.4 Å². The number of thiophene rings is 1. The highest BCUT2D eigenvalue weighted by Gasteiger charge is 2.37. The van der Waals surface area contributed by atoms with Gasteiger partial charge in [0.05, 0.1) is 12.0 Å². The number of ether oxygens (including phenoxy) is 1. The van der Waals surface area contributed by atoms with Gasteiger partial charge in [-0.25, -0.2) is 0 Å². The average Bonchev–Trinajstić information content (AvgIpc) is 3.03. The lowest BCUT2D eigenvalue weighted by Crippen LogP contribution is -2.28. The predicted octanol–water partition coefficient (Wildman–Crippen LogP) is 3.73. The SMILES string of the molecule is COC(=O)C(C)(SC)c1ccc(C(=O)c2ccccc2)s1. The van der Waals surface area contributed by atoms with Crippen LogP contribution in [0.5, 0.6) is 0 Å². The Hall–Kier alpha value is -1.59. The third-order valence-corrected chi connectivity index (χ3v) is 5.96. The molecule has 1 aromatic heterocycles. The summed E-state index contributed by atoms with van der Waals surface area (Å²) in [6.45, 7) is 1.81. The highest BCUT2D eigenvalue weighted by molar-refractivity contribution is 8.00. The summed E-state index contributed by atoms with van der Waals surface area (Å²) in [5.41, 5.74) is 0.648. The van der Waals surface area contributed by atoms with E-state index in [9.17, 15) is 9.59 Å². The number of benzene rings is 1. The minimum Gasteiger partial charge on any atom is -0.468 e. The first-order chi connectivity index (χ1) is 10.0. The third-order valence-electron chi connectivity index (χ3n) is 3.32. The van der Waals surface area contributed by atoms with Crippen molar-refractivity contribution in [2.75, 3.05) is 13.4 Å². The van der Waals surface area contributed by atoms with Crippen LogP contribution in [0, 0.1) is 0 Å². The van der Waals surface area contributed by atoms with Crippen molar-refractivity contribution in [2.45, 2.75) is 11.7 Å². The molecule has 1 unspecified atom stereocenters. The minimum atomic E-state index is -0.783. The number of ketones is 1. The van der Waals surface area contributed by atoms with Crippen LogP contribution in [-0.2, 0) is 14.3 Å². The Morgan fingerprint density at radius 2 is 1.81 bits per heavy atom. The van der Waals surface area contributed by atoms with Gasteiger partial charge >= 0.3 is 5.97 Å². The summed E-state index contributed by atoms with van der Waals surface area (Å²) in [5.74, 6) is -0.337. The fourth-order valence-electron chi connectivity index (χ4n) is 1.93. The van der Waals surface area contributed by atoms with Crippen molar-refractivity contribution in [1.29, 1.82) is 0 Å². The number of rotatable bonds is 5. The van der Waals surface area contributed by atoms with Crippen molar-refractivity contribution in [3.8, 4) is 0 Å². The zero-order valence-electron chi connectivity index (χ0n) is 12.1. The molecule has 0 aliphatic rings. The fraction of sp³-hybridized carbons (Fsp3) is 0.250. The lowest BCUT2D eigenvalue weighted by Gasteiger charge is -2.22. The number of carbonyl (C=O) groups is 2. The van der Waals surface area contributed by atoms with Gasteiger partial charge in [-0.3, -0.25) is 9.59 Å². The van der Waals surface area contributed by atoms with E-state index >= 15 is 0 Å². The lowest BCUT2D eigenvalue weighted by molar-refractivity contribution is -0.143. The first-order valence-corrected chi connectivity index (χ1v) is 8.40. The zero-order valence-corrected chi connectivity index (χ0v) is 13.7. The van der Waals surface area contributed by atoms with Gasteiger partial charge in [-0.15, -0.1) is 23.1 Å². The number of hydrogen-bond acceptors (Lipinski definition) is 5. The van der Waals surface area contributed by atoms with E-state index in [-0.39, 0.29) is 11.8 Å². The molecule has 0 radical (unpaired) electrons. The van der Waals surface area contributed by atoms with Crippen LogP contribution in [0.4, 0.5) is 0 Å². The van der Waals surface area contributed by atoms with Gasteiger partial charge in [-0.1, -0.05) is 30.3 Å². The van der Waals surface area contributed by atoms with Gasteiger partial charge in [-0.05, 0) is 25.3 Å².